The number of nitrogens with zero attached hydrogens (tertiary/aromatic N) is 1. The fourth-order valence-corrected chi connectivity index (χ4v) is 2.55. The topological polar surface area (TPSA) is 27.3 Å². The molecule has 1 aliphatic heterocycles. The monoisotopic (exact) mass is 261 g/mol. The number of rotatable bonds is 5. The summed E-state index contributed by atoms with van der Waals surface area (Å²) < 4.78 is 0. The summed E-state index contributed by atoms with van der Waals surface area (Å²) >= 11 is 0. The molecule has 0 aliphatic carbocycles. The van der Waals surface area contributed by atoms with Crippen LogP contribution in [0.1, 0.15) is 16.7 Å². The number of aryl methyl sites for hydroxylation is 2. The van der Waals surface area contributed by atoms with Gasteiger partial charge in [0.05, 0.1) is 0 Å². The van der Waals surface area contributed by atoms with Crippen molar-refractivity contribution in [3.63, 3.8) is 0 Å². The molecule has 2 N–H and O–H groups in total. The maximum atomic E-state index is 3.59. The van der Waals surface area contributed by atoms with E-state index in [1.165, 1.54) is 16.7 Å². The molecule has 0 bridgehead atoms. The van der Waals surface area contributed by atoms with E-state index in [-0.39, 0.29) is 0 Å². The van der Waals surface area contributed by atoms with Gasteiger partial charge in [-0.05, 0) is 50.6 Å². The Balaban J connectivity index is 1.70. The van der Waals surface area contributed by atoms with Crippen LogP contribution in [0.3, 0.4) is 0 Å². The lowest BCUT2D eigenvalue weighted by molar-refractivity contribution is 0.196. The van der Waals surface area contributed by atoms with Gasteiger partial charge < -0.3 is 10.6 Å². The van der Waals surface area contributed by atoms with Crippen molar-refractivity contribution in [2.75, 3.05) is 39.8 Å². The Hall–Kier alpha value is -0.900. The first-order valence-electron chi connectivity index (χ1n) is 7.34. The molecule has 1 saturated heterocycles. The molecular weight excluding hydrogens is 234 g/mol. The van der Waals surface area contributed by atoms with Crippen LogP contribution in [0.4, 0.5) is 0 Å². The van der Waals surface area contributed by atoms with E-state index in [1.54, 1.807) is 0 Å². The van der Waals surface area contributed by atoms with Crippen molar-refractivity contribution in [2.24, 2.45) is 0 Å². The summed E-state index contributed by atoms with van der Waals surface area (Å²) in [5, 5.41) is 7.04. The van der Waals surface area contributed by atoms with E-state index >= 15 is 0 Å². The highest BCUT2D eigenvalue weighted by Gasteiger charge is 2.17. The van der Waals surface area contributed by atoms with Gasteiger partial charge in [-0.2, -0.15) is 0 Å². The van der Waals surface area contributed by atoms with E-state index < -0.39 is 0 Å². The van der Waals surface area contributed by atoms with Crippen LogP contribution in [-0.4, -0.2) is 50.7 Å². The van der Waals surface area contributed by atoms with Gasteiger partial charge in [0.15, 0.2) is 0 Å². The van der Waals surface area contributed by atoms with Gasteiger partial charge in [-0.1, -0.05) is 18.2 Å². The fraction of sp³-hybridized carbons (Fsp3) is 0.625. The van der Waals surface area contributed by atoms with Gasteiger partial charge in [-0.25, -0.2) is 0 Å². The van der Waals surface area contributed by atoms with Crippen LogP contribution in [0, 0.1) is 13.8 Å². The summed E-state index contributed by atoms with van der Waals surface area (Å²) in [5.41, 5.74) is 4.21. The highest BCUT2D eigenvalue weighted by atomic mass is 15.2. The highest BCUT2D eigenvalue weighted by molar-refractivity contribution is 5.30. The second-order valence-corrected chi connectivity index (χ2v) is 5.71. The average molecular weight is 261 g/mol. The van der Waals surface area contributed by atoms with E-state index in [9.17, 15) is 0 Å². The molecule has 106 valence electrons. The third kappa shape index (κ3) is 4.30. The first-order valence-corrected chi connectivity index (χ1v) is 7.34. The van der Waals surface area contributed by atoms with Gasteiger partial charge in [0.2, 0.25) is 0 Å². The van der Waals surface area contributed by atoms with Crippen LogP contribution in [0.25, 0.3) is 0 Å². The third-order valence-electron chi connectivity index (χ3n) is 4.19. The Morgan fingerprint density at radius 1 is 1.32 bits per heavy atom. The van der Waals surface area contributed by atoms with Crippen LogP contribution >= 0.6 is 0 Å². The Morgan fingerprint density at radius 3 is 2.89 bits per heavy atom. The predicted molar refractivity (Wildman–Crippen MR) is 81.8 cm³/mol. The van der Waals surface area contributed by atoms with Crippen molar-refractivity contribution in [2.45, 2.75) is 26.3 Å². The number of hydrogen-bond donors (Lipinski definition) is 2. The lowest BCUT2D eigenvalue weighted by Gasteiger charge is -2.33. The smallest absolute Gasteiger partial charge is 0.0342 e. The van der Waals surface area contributed by atoms with Crippen LogP contribution < -0.4 is 10.6 Å². The quantitative estimate of drug-likeness (QED) is 0.783. The van der Waals surface area contributed by atoms with Crippen LogP contribution in [0.2, 0.25) is 0 Å². The number of piperazine rings is 1. The number of nitrogens with one attached hydrogen (secondary N) is 2. The standard InChI is InChI=1S/C16H27N3/c1-13-4-5-15(10-14(13)2)6-7-17-11-16-12-18-8-9-19(16)3/h4-5,10,16-18H,6-9,11-12H2,1-3H3. The van der Waals surface area contributed by atoms with E-state index in [0.29, 0.717) is 6.04 Å². The fourth-order valence-electron chi connectivity index (χ4n) is 2.55. The van der Waals surface area contributed by atoms with Gasteiger partial charge in [-0.3, -0.25) is 4.90 Å². The minimum atomic E-state index is 0.633. The molecule has 2 rings (SSSR count). The predicted octanol–water partition coefficient (Wildman–Crippen LogP) is 1.34. The van der Waals surface area contributed by atoms with Crippen molar-refractivity contribution >= 4 is 0 Å². The van der Waals surface area contributed by atoms with Crippen LogP contribution in [0.15, 0.2) is 18.2 Å². The summed E-state index contributed by atoms with van der Waals surface area (Å²) in [4.78, 5) is 2.44. The van der Waals surface area contributed by atoms with Crippen molar-refractivity contribution in [3.05, 3.63) is 34.9 Å². The molecule has 3 nitrogen and oxygen atoms in total. The summed E-state index contributed by atoms with van der Waals surface area (Å²) in [6.07, 6.45) is 1.12. The summed E-state index contributed by atoms with van der Waals surface area (Å²) in [7, 11) is 2.22. The van der Waals surface area contributed by atoms with Crippen molar-refractivity contribution < 1.29 is 0 Å². The lowest BCUT2D eigenvalue weighted by Crippen LogP contribution is -2.53. The van der Waals surface area contributed by atoms with Crippen LogP contribution in [0.5, 0.6) is 0 Å². The molecule has 0 aromatic heterocycles. The zero-order chi connectivity index (χ0) is 13.7. The van der Waals surface area contributed by atoms with E-state index in [4.69, 9.17) is 0 Å². The minimum absolute atomic E-state index is 0.633. The van der Waals surface area contributed by atoms with Gasteiger partial charge in [-0.15, -0.1) is 0 Å². The molecule has 1 aromatic rings. The molecule has 1 aliphatic rings. The zero-order valence-corrected chi connectivity index (χ0v) is 12.5. The van der Waals surface area contributed by atoms with Crippen molar-refractivity contribution in [1.29, 1.82) is 0 Å². The molecular formula is C16H27N3. The van der Waals surface area contributed by atoms with Gasteiger partial charge in [0.25, 0.3) is 0 Å². The summed E-state index contributed by atoms with van der Waals surface area (Å²) in [6, 6.07) is 7.42. The van der Waals surface area contributed by atoms with Crippen LogP contribution in [-0.2, 0) is 6.42 Å². The number of likely N-dealkylation sites (N-methyl/N-ethyl adjacent to an activating group) is 1. The molecule has 3 heteroatoms. The third-order valence-corrected chi connectivity index (χ3v) is 4.19. The van der Waals surface area contributed by atoms with E-state index in [1.807, 2.05) is 0 Å². The average Bonchev–Trinajstić information content (AvgIpc) is 2.40. The van der Waals surface area contributed by atoms with E-state index in [2.05, 4.69) is 54.6 Å². The lowest BCUT2D eigenvalue weighted by atomic mass is 10.0. The first kappa shape index (κ1) is 14.5. The van der Waals surface area contributed by atoms with Crippen molar-refractivity contribution in [1.82, 2.24) is 15.5 Å². The normalized spacial score (nSPS) is 20.7. The SMILES string of the molecule is Cc1ccc(CCNCC2CNCCN2C)cc1C. The first-order chi connectivity index (χ1) is 9.16. The minimum Gasteiger partial charge on any atom is -0.315 e. The van der Waals surface area contributed by atoms with Gasteiger partial charge >= 0.3 is 0 Å². The van der Waals surface area contributed by atoms with E-state index in [0.717, 1.165) is 39.1 Å². The maximum Gasteiger partial charge on any atom is 0.0342 e. The molecule has 1 aromatic carbocycles. The Bertz CT molecular complexity index is 403. The molecule has 1 unspecified atom stereocenters. The Morgan fingerprint density at radius 2 is 2.16 bits per heavy atom. The van der Waals surface area contributed by atoms with Gasteiger partial charge in [0, 0.05) is 32.2 Å². The molecule has 1 heterocycles. The zero-order valence-electron chi connectivity index (χ0n) is 12.5. The molecule has 0 saturated carbocycles. The Labute approximate surface area is 117 Å². The number of hydrogen-bond acceptors (Lipinski definition) is 3. The Kier molecular flexibility index (Phi) is 5.37. The molecule has 1 atom stereocenters. The second-order valence-electron chi connectivity index (χ2n) is 5.71. The van der Waals surface area contributed by atoms with Gasteiger partial charge in [0.1, 0.15) is 0 Å². The van der Waals surface area contributed by atoms with Crippen molar-refractivity contribution in [3.8, 4) is 0 Å². The molecule has 19 heavy (non-hydrogen) atoms. The summed E-state index contributed by atoms with van der Waals surface area (Å²) in [6.45, 7) is 9.88. The molecule has 0 radical (unpaired) electrons. The highest BCUT2D eigenvalue weighted by Crippen LogP contribution is 2.09. The summed E-state index contributed by atoms with van der Waals surface area (Å²) in [5.74, 6) is 0. The molecule has 0 amide bonds. The number of benzene rings is 1. The second kappa shape index (κ2) is 7.04. The molecule has 1 fully saturated rings. The largest absolute Gasteiger partial charge is 0.315 e. The molecule has 0 spiro atoms. The maximum absolute atomic E-state index is 3.59.